The summed E-state index contributed by atoms with van der Waals surface area (Å²) in [5, 5.41) is 0. The van der Waals surface area contributed by atoms with Crippen molar-refractivity contribution in [1.82, 2.24) is 0 Å². The molecule has 0 saturated heterocycles. The van der Waals surface area contributed by atoms with Crippen LogP contribution in [0.25, 0.3) is 0 Å². The summed E-state index contributed by atoms with van der Waals surface area (Å²) in [4.78, 5) is 9.92. The second-order valence-electron chi connectivity index (χ2n) is 2.79. The Morgan fingerprint density at radius 1 is 1.20 bits per heavy atom. The lowest BCUT2D eigenvalue weighted by atomic mass is 10.2. The number of ether oxygens (including phenoxy) is 1. The molecule has 0 aliphatic carbocycles. The molecule has 86 valence electrons. The van der Waals surface area contributed by atoms with E-state index in [9.17, 15) is 4.79 Å². The molecule has 15 heavy (non-hydrogen) atoms. The van der Waals surface area contributed by atoms with Crippen LogP contribution in [0, 0.1) is 6.92 Å². The van der Waals surface area contributed by atoms with Crippen LogP contribution in [0.15, 0.2) is 30.3 Å². The highest BCUT2D eigenvalue weighted by molar-refractivity contribution is 5.76. The summed E-state index contributed by atoms with van der Waals surface area (Å²) < 4.78 is 4.45. The van der Waals surface area contributed by atoms with Crippen LogP contribution in [-0.2, 0) is 9.53 Å². The molecule has 0 saturated carbocycles. The van der Waals surface area contributed by atoms with Gasteiger partial charge in [0.1, 0.15) is 6.61 Å². The minimum absolute atomic E-state index is 0.0671. The van der Waals surface area contributed by atoms with Gasteiger partial charge < -0.3 is 4.74 Å². The number of rotatable bonds is 2. The average molecular weight is 210 g/mol. The third kappa shape index (κ3) is 15.6. The van der Waals surface area contributed by atoms with E-state index in [1.165, 1.54) is 19.6 Å². The Balaban J connectivity index is 0. The van der Waals surface area contributed by atoms with E-state index in [1.54, 1.807) is 0 Å². The van der Waals surface area contributed by atoms with Gasteiger partial charge in [0.25, 0.3) is 0 Å². The van der Waals surface area contributed by atoms with Gasteiger partial charge in [-0.05, 0) is 13.8 Å². The molecule has 0 aliphatic heterocycles. The van der Waals surface area contributed by atoms with Crippen molar-refractivity contribution in [2.75, 3.05) is 13.7 Å². The monoisotopic (exact) mass is 210 g/mol. The Hall–Kier alpha value is -1.15. The highest BCUT2D eigenvalue weighted by atomic mass is 16.5. The van der Waals surface area contributed by atoms with Crippen LogP contribution >= 0.6 is 0 Å². The van der Waals surface area contributed by atoms with Crippen LogP contribution in [0.3, 0.4) is 0 Å². The summed E-state index contributed by atoms with van der Waals surface area (Å²) in [5.41, 5.74) is 1.32. The van der Waals surface area contributed by atoms with E-state index in [4.69, 9.17) is 0 Å². The standard InChI is InChI=1S/C7H8.C4H8O2.C2H6/c1-7-5-3-2-4-6-7;1-4(5)3-6-2;1-2/h2-6H,1H3;3H2,1-2H3;1-2H3. The van der Waals surface area contributed by atoms with Gasteiger partial charge in [-0.15, -0.1) is 0 Å². The number of carbonyl (C=O) groups is 1. The molecule has 0 fully saturated rings. The lowest BCUT2D eigenvalue weighted by Crippen LogP contribution is -1.98. The van der Waals surface area contributed by atoms with Gasteiger partial charge in [-0.1, -0.05) is 49.7 Å². The number of aryl methyl sites for hydroxylation is 1. The molecule has 0 bridgehead atoms. The van der Waals surface area contributed by atoms with Gasteiger partial charge in [-0.25, -0.2) is 0 Å². The first-order valence-electron chi connectivity index (χ1n) is 5.17. The largest absolute Gasteiger partial charge is 0.377 e. The maximum Gasteiger partial charge on any atom is 0.155 e. The number of ketones is 1. The van der Waals surface area contributed by atoms with Crippen LogP contribution in [0.1, 0.15) is 26.3 Å². The topological polar surface area (TPSA) is 26.3 Å². The highest BCUT2D eigenvalue weighted by Crippen LogP contribution is 1.92. The Morgan fingerprint density at radius 3 is 1.80 bits per heavy atom. The fourth-order valence-electron chi connectivity index (χ4n) is 0.738. The molecule has 0 unspecified atom stereocenters. The predicted octanol–water partition coefficient (Wildman–Crippen LogP) is 3.24. The minimum atomic E-state index is 0.0671. The number of Topliss-reactive ketones (excluding diaryl/α,β-unsaturated/α-hetero) is 1. The number of carbonyl (C=O) groups excluding carboxylic acids is 1. The zero-order valence-corrected chi connectivity index (χ0v) is 10.4. The first-order valence-corrected chi connectivity index (χ1v) is 5.17. The van der Waals surface area contributed by atoms with E-state index < -0.39 is 0 Å². The van der Waals surface area contributed by atoms with Gasteiger partial charge in [0, 0.05) is 7.11 Å². The molecule has 0 aromatic heterocycles. The first kappa shape index (κ1) is 16.3. The molecule has 1 aromatic carbocycles. The second-order valence-corrected chi connectivity index (χ2v) is 2.79. The molecule has 1 aromatic rings. The Bertz CT molecular complexity index is 230. The molecular formula is C13H22O2. The van der Waals surface area contributed by atoms with Gasteiger partial charge in [0.2, 0.25) is 0 Å². The van der Waals surface area contributed by atoms with E-state index >= 15 is 0 Å². The van der Waals surface area contributed by atoms with Crippen molar-refractivity contribution in [3.8, 4) is 0 Å². The van der Waals surface area contributed by atoms with E-state index in [0.717, 1.165) is 0 Å². The molecule has 0 spiro atoms. The molecule has 0 atom stereocenters. The molecule has 0 amide bonds. The number of benzene rings is 1. The minimum Gasteiger partial charge on any atom is -0.377 e. The molecule has 0 N–H and O–H groups in total. The van der Waals surface area contributed by atoms with E-state index in [1.807, 2.05) is 32.0 Å². The Morgan fingerprint density at radius 2 is 1.67 bits per heavy atom. The van der Waals surface area contributed by atoms with Crippen LogP contribution < -0.4 is 0 Å². The number of hydrogen-bond donors (Lipinski definition) is 0. The van der Waals surface area contributed by atoms with Gasteiger partial charge >= 0.3 is 0 Å². The van der Waals surface area contributed by atoms with Gasteiger partial charge in [0.05, 0.1) is 0 Å². The maximum atomic E-state index is 9.92. The molecule has 0 radical (unpaired) electrons. The van der Waals surface area contributed by atoms with Crippen LogP contribution in [0.5, 0.6) is 0 Å². The van der Waals surface area contributed by atoms with Crippen LogP contribution in [-0.4, -0.2) is 19.5 Å². The summed E-state index contributed by atoms with van der Waals surface area (Å²) in [6.45, 7) is 7.81. The van der Waals surface area contributed by atoms with Crippen molar-refractivity contribution >= 4 is 5.78 Å². The lowest BCUT2D eigenvalue weighted by Gasteiger charge is -1.84. The van der Waals surface area contributed by atoms with E-state index in [0.29, 0.717) is 0 Å². The molecule has 2 heteroatoms. The number of methoxy groups -OCH3 is 1. The SMILES string of the molecule is CC.COCC(C)=O.Cc1ccccc1. The maximum absolute atomic E-state index is 9.92. The zero-order chi connectivity index (χ0) is 12.1. The highest BCUT2D eigenvalue weighted by Gasteiger charge is 1.83. The van der Waals surface area contributed by atoms with Crippen molar-refractivity contribution in [3.63, 3.8) is 0 Å². The second kappa shape index (κ2) is 12.8. The van der Waals surface area contributed by atoms with Crippen molar-refractivity contribution < 1.29 is 9.53 Å². The average Bonchev–Trinajstić information content (AvgIpc) is 2.22. The summed E-state index contributed by atoms with van der Waals surface area (Å²) >= 11 is 0. The van der Waals surface area contributed by atoms with Crippen LogP contribution in [0.4, 0.5) is 0 Å². The van der Waals surface area contributed by atoms with Crippen molar-refractivity contribution in [1.29, 1.82) is 0 Å². The molecule has 0 aliphatic rings. The Kier molecular flexibility index (Phi) is 14.0. The summed E-state index contributed by atoms with van der Waals surface area (Å²) in [5.74, 6) is 0.0671. The summed E-state index contributed by atoms with van der Waals surface area (Å²) in [7, 11) is 1.50. The van der Waals surface area contributed by atoms with E-state index in [-0.39, 0.29) is 12.4 Å². The van der Waals surface area contributed by atoms with E-state index in [2.05, 4.69) is 23.8 Å². The van der Waals surface area contributed by atoms with Gasteiger partial charge in [0.15, 0.2) is 5.78 Å². The van der Waals surface area contributed by atoms with Crippen molar-refractivity contribution in [3.05, 3.63) is 35.9 Å². The van der Waals surface area contributed by atoms with Crippen molar-refractivity contribution in [2.24, 2.45) is 0 Å². The fraction of sp³-hybridized carbons (Fsp3) is 0.462. The van der Waals surface area contributed by atoms with Gasteiger partial charge in [-0.2, -0.15) is 0 Å². The third-order valence-electron chi connectivity index (χ3n) is 1.29. The summed E-state index contributed by atoms with van der Waals surface area (Å²) in [6.07, 6.45) is 0. The first-order chi connectivity index (χ1) is 7.16. The summed E-state index contributed by atoms with van der Waals surface area (Å²) in [6, 6.07) is 10.3. The smallest absolute Gasteiger partial charge is 0.155 e. The third-order valence-corrected chi connectivity index (χ3v) is 1.29. The lowest BCUT2D eigenvalue weighted by molar-refractivity contribution is -0.120. The molecule has 2 nitrogen and oxygen atoms in total. The number of hydrogen-bond acceptors (Lipinski definition) is 2. The molecular weight excluding hydrogens is 188 g/mol. The van der Waals surface area contributed by atoms with Gasteiger partial charge in [-0.3, -0.25) is 4.79 Å². The van der Waals surface area contributed by atoms with Crippen molar-refractivity contribution in [2.45, 2.75) is 27.7 Å². The normalized spacial score (nSPS) is 7.80. The fourth-order valence-corrected chi connectivity index (χ4v) is 0.738. The van der Waals surface area contributed by atoms with Crippen LogP contribution in [0.2, 0.25) is 0 Å². The predicted molar refractivity (Wildman–Crippen MR) is 65.1 cm³/mol. The zero-order valence-electron chi connectivity index (χ0n) is 10.4. The Labute approximate surface area is 93.3 Å². The molecule has 1 rings (SSSR count). The quantitative estimate of drug-likeness (QED) is 0.749. The molecule has 0 heterocycles.